The Labute approximate surface area is 379 Å². The molecule has 0 amide bonds. The van der Waals surface area contributed by atoms with Crippen LogP contribution >= 0.6 is 0 Å². The average Bonchev–Trinajstić information content (AvgIpc) is 4.03. The molecule has 0 radical (unpaired) electrons. The SMILES string of the molecule is c1cc(-c2ccc3c(c2)OB2c4ccccc4Oc4cc(-n5c6ccccc6c6cc(-n7c8ccccc8c8ccccc87)ccc65)cc-3c42)cc(-c2ccc3c(c2)oc2ccccc23)c1. The van der Waals surface area contributed by atoms with Crippen molar-refractivity contribution in [3.05, 3.63) is 212 Å². The molecule has 0 saturated carbocycles. The van der Waals surface area contributed by atoms with Gasteiger partial charge >= 0.3 is 6.92 Å². The Bertz CT molecular complexity index is 4160. The smallest absolute Gasteiger partial charge is 0.434 e. The molecule has 0 bridgehead atoms. The van der Waals surface area contributed by atoms with E-state index in [0.29, 0.717) is 0 Å². The molecule has 0 N–H and O–H groups in total. The molecule has 2 aliphatic rings. The zero-order valence-corrected chi connectivity index (χ0v) is 35.4. The summed E-state index contributed by atoms with van der Waals surface area (Å²) < 4.78 is 25.0. The van der Waals surface area contributed by atoms with Crippen molar-refractivity contribution >= 4 is 83.4 Å². The van der Waals surface area contributed by atoms with Gasteiger partial charge in [0.2, 0.25) is 0 Å². The van der Waals surface area contributed by atoms with Crippen LogP contribution in [0, 0.1) is 0 Å². The topological polar surface area (TPSA) is 41.5 Å². The van der Waals surface area contributed by atoms with Crippen molar-refractivity contribution in [2.45, 2.75) is 0 Å². The number of ether oxygens (including phenoxy) is 1. The Morgan fingerprint density at radius 1 is 0.333 bits per heavy atom. The molecular weight excluding hydrogens is 807 g/mol. The standard InChI is InChI=1S/C60H35BN2O3/c1-6-19-51-42(14-1)43-15-2-7-20-52(43)62(51)40-26-29-54-48(33-40)44-16-3-8-21-53(44)63(54)41-34-49-47-28-25-39(32-58(47)66-61-50-18-5-10-23-56(50)65-59(35-41)60(49)61)37-13-11-12-36(30-37)38-24-27-46-45-17-4-9-22-55(45)64-57(46)31-38/h1-35H. The fraction of sp³-hybridized carbons (Fsp3) is 0. The van der Waals surface area contributed by atoms with Crippen LogP contribution in [0.25, 0.3) is 110 Å². The quantitative estimate of drug-likeness (QED) is 0.166. The van der Waals surface area contributed by atoms with Gasteiger partial charge in [0.05, 0.1) is 27.8 Å². The number of nitrogens with zero attached hydrogens (tertiary/aromatic N) is 2. The summed E-state index contributed by atoms with van der Waals surface area (Å²) in [5, 5.41) is 7.14. The molecule has 15 rings (SSSR count). The number of rotatable bonds is 4. The molecule has 5 heterocycles. The van der Waals surface area contributed by atoms with Gasteiger partial charge in [-0.1, -0.05) is 127 Å². The van der Waals surface area contributed by atoms with Gasteiger partial charge in [0.1, 0.15) is 28.4 Å². The summed E-state index contributed by atoms with van der Waals surface area (Å²) in [6, 6.07) is 76.0. The van der Waals surface area contributed by atoms with Crippen LogP contribution in [-0.2, 0) is 0 Å². The molecule has 306 valence electrons. The Kier molecular flexibility index (Phi) is 7.24. The molecular formula is C60H35BN2O3. The summed E-state index contributed by atoms with van der Waals surface area (Å²) in [5.74, 6) is 2.46. The van der Waals surface area contributed by atoms with Crippen molar-refractivity contribution in [2.24, 2.45) is 0 Å². The number of fused-ring (bicyclic) bond motifs is 13. The summed E-state index contributed by atoms with van der Waals surface area (Å²) in [6.07, 6.45) is 0. The third-order valence-electron chi connectivity index (χ3n) is 14.0. The van der Waals surface area contributed by atoms with Gasteiger partial charge in [-0.05, 0) is 107 Å². The molecule has 5 nitrogen and oxygen atoms in total. The average molecular weight is 843 g/mol. The molecule has 0 aliphatic carbocycles. The monoisotopic (exact) mass is 842 g/mol. The predicted octanol–water partition coefficient (Wildman–Crippen LogP) is 14.4. The Morgan fingerprint density at radius 3 is 1.73 bits per heavy atom. The van der Waals surface area contributed by atoms with Crippen molar-refractivity contribution in [1.29, 1.82) is 0 Å². The van der Waals surface area contributed by atoms with Gasteiger partial charge in [-0.2, -0.15) is 0 Å². The zero-order valence-electron chi connectivity index (χ0n) is 35.4. The van der Waals surface area contributed by atoms with Crippen LogP contribution in [-0.4, -0.2) is 16.0 Å². The molecule has 6 heteroatoms. The molecule has 0 unspecified atom stereocenters. The van der Waals surface area contributed by atoms with Crippen LogP contribution in [0.3, 0.4) is 0 Å². The highest BCUT2D eigenvalue weighted by Crippen LogP contribution is 2.45. The summed E-state index contributed by atoms with van der Waals surface area (Å²) in [4.78, 5) is 0. The van der Waals surface area contributed by atoms with Gasteiger partial charge < -0.3 is 22.9 Å². The van der Waals surface area contributed by atoms with Gasteiger partial charge in [0.25, 0.3) is 0 Å². The first-order chi connectivity index (χ1) is 32.7. The molecule has 13 aromatic rings. The lowest BCUT2D eigenvalue weighted by atomic mass is 9.51. The largest absolute Gasteiger partial charge is 0.551 e. The lowest BCUT2D eigenvalue weighted by Crippen LogP contribution is -2.53. The van der Waals surface area contributed by atoms with E-state index in [1.807, 2.05) is 24.3 Å². The number of aromatic nitrogens is 2. The highest BCUT2D eigenvalue weighted by molar-refractivity contribution is 6.84. The third-order valence-corrected chi connectivity index (χ3v) is 14.0. The van der Waals surface area contributed by atoms with Crippen LogP contribution in [0.2, 0.25) is 0 Å². The second kappa shape index (κ2) is 13.4. The third kappa shape index (κ3) is 5.06. The van der Waals surface area contributed by atoms with Crippen LogP contribution in [0.4, 0.5) is 0 Å². The lowest BCUT2D eigenvalue weighted by molar-refractivity contribution is 0.479. The van der Waals surface area contributed by atoms with E-state index in [1.165, 1.54) is 32.6 Å². The van der Waals surface area contributed by atoms with E-state index in [9.17, 15) is 0 Å². The van der Waals surface area contributed by atoms with Crippen molar-refractivity contribution < 1.29 is 13.8 Å². The minimum absolute atomic E-state index is 0.328. The molecule has 0 saturated heterocycles. The number of benzene rings is 10. The molecule has 3 aromatic heterocycles. The fourth-order valence-electron chi connectivity index (χ4n) is 11.0. The Balaban J connectivity index is 0.884. The van der Waals surface area contributed by atoms with E-state index in [2.05, 4.69) is 197 Å². The molecule has 0 fully saturated rings. The van der Waals surface area contributed by atoms with E-state index in [-0.39, 0.29) is 6.92 Å². The maximum absolute atomic E-state index is 7.10. The van der Waals surface area contributed by atoms with E-state index in [0.717, 1.165) is 106 Å². The summed E-state index contributed by atoms with van der Waals surface area (Å²) in [5.41, 5.74) is 17.3. The zero-order chi connectivity index (χ0) is 43.0. The van der Waals surface area contributed by atoms with Gasteiger partial charge in [0, 0.05) is 60.6 Å². The molecule has 10 aromatic carbocycles. The summed E-state index contributed by atoms with van der Waals surface area (Å²) in [7, 11) is 0. The normalized spacial score (nSPS) is 12.8. The molecule has 0 spiro atoms. The number of para-hydroxylation sites is 5. The second-order valence-corrected chi connectivity index (χ2v) is 17.6. The van der Waals surface area contributed by atoms with Crippen molar-refractivity contribution in [3.8, 4) is 62.0 Å². The van der Waals surface area contributed by atoms with Crippen LogP contribution in [0.1, 0.15) is 0 Å². The Hall–Kier alpha value is -8.74. The van der Waals surface area contributed by atoms with Crippen molar-refractivity contribution in [1.82, 2.24) is 9.13 Å². The number of hydrogen-bond donors (Lipinski definition) is 0. The van der Waals surface area contributed by atoms with Gasteiger partial charge in [0.15, 0.2) is 0 Å². The Morgan fingerprint density at radius 2 is 0.939 bits per heavy atom. The molecule has 0 atom stereocenters. The van der Waals surface area contributed by atoms with Crippen LogP contribution in [0.15, 0.2) is 217 Å². The van der Waals surface area contributed by atoms with Crippen LogP contribution in [0.5, 0.6) is 17.2 Å². The van der Waals surface area contributed by atoms with Crippen LogP contribution < -0.4 is 20.3 Å². The van der Waals surface area contributed by atoms with Gasteiger partial charge in [-0.15, -0.1) is 0 Å². The van der Waals surface area contributed by atoms with Gasteiger partial charge in [-0.25, -0.2) is 0 Å². The predicted molar refractivity (Wildman–Crippen MR) is 271 cm³/mol. The van der Waals surface area contributed by atoms with E-state index < -0.39 is 0 Å². The van der Waals surface area contributed by atoms with E-state index in [1.54, 1.807) is 0 Å². The maximum atomic E-state index is 7.10. The molecule has 66 heavy (non-hydrogen) atoms. The lowest BCUT2D eigenvalue weighted by Gasteiger charge is -2.33. The second-order valence-electron chi connectivity index (χ2n) is 17.6. The first-order valence-corrected chi connectivity index (χ1v) is 22.5. The number of hydrogen-bond acceptors (Lipinski definition) is 3. The van der Waals surface area contributed by atoms with Gasteiger partial charge in [-0.3, -0.25) is 0 Å². The van der Waals surface area contributed by atoms with E-state index >= 15 is 0 Å². The van der Waals surface area contributed by atoms with Crippen molar-refractivity contribution in [3.63, 3.8) is 0 Å². The first-order valence-electron chi connectivity index (χ1n) is 22.5. The number of furan rings is 1. The maximum Gasteiger partial charge on any atom is 0.434 e. The molecule has 2 aliphatic heterocycles. The minimum Gasteiger partial charge on any atom is -0.551 e. The summed E-state index contributed by atoms with van der Waals surface area (Å²) >= 11 is 0. The van der Waals surface area contributed by atoms with E-state index in [4.69, 9.17) is 13.8 Å². The fourth-order valence-corrected chi connectivity index (χ4v) is 11.0. The highest BCUT2D eigenvalue weighted by atomic mass is 16.5. The summed E-state index contributed by atoms with van der Waals surface area (Å²) in [6.45, 7) is -0.328. The highest BCUT2D eigenvalue weighted by Gasteiger charge is 2.41. The van der Waals surface area contributed by atoms with Crippen molar-refractivity contribution in [2.75, 3.05) is 0 Å². The first kappa shape index (κ1) is 35.7. The minimum atomic E-state index is -0.328.